The second-order valence-electron chi connectivity index (χ2n) is 10.7. The zero-order chi connectivity index (χ0) is 24.1. The highest BCUT2D eigenvalue weighted by atomic mass is 32.2. The van der Waals surface area contributed by atoms with E-state index < -0.39 is 21.6 Å². The van der Waals surface area contributed by atoms with Gasteiger partial charge in [0.15, 0.2) is 0 Å². The van der Waals surface area contributed by atoms with Crippen molar-refractivity contribution >= 4 is 27.5 Å². The smallest absolute Gasteiger partial charge is 0.246 e. The molecule has 2 aliphatic carbocycles. The number of hydrogen-bond donors (Lipinski definition) is 3. The van der Waals surface area contributed by atoms with Gasteiger partial charge in [0.1, 0.15) is 6.04 Å². The number of carbonyl (C=O) groups is 2. The summed E-state index contributed by atoms with van der Waals surface area (Å²) >= 11 is 0. The van der Waals surface area contributed by atoms with Gasteiger partial charge in [-0.05, 0) is 70.2 Å². The van der Waals surface area contributed by atoms with Gasteiger partial charge >= 0.3 is 0 Å². The Morgan fingerprint density at radius 2 is 1.52 bits per heavy atom. The summed E-state index contributed by atoms with van der Waals surface area (Å²) in [5.41, 5.74) is -0.0752. The molecule has 2 fully saturated rings. The van der Waals surface area contributed by atoms with Gasteiger partial charge in [-0.2, -0.15) is 0 Å². The Balaban J connectivity index is 1.67. The van der Waals surface area contributed by atoms with Gasteiger partial charge in [-0.1, -0.05) is 44.9 Å². The van der Waals surface area contributed by atoms with Crippen molar-refractivity contribution in [2.45, 2.75) is 101 Å². The summed E-state index contributed by atoms with van der Waals surface area (Å²) in [6, 6.07) is 5.57. The average molecular weight is 478 g/mol. The van der Waals surface area contributed by atoms with Gasteiger partial charge in [0.25, 0.3) is 0 Å². The van der Waals surface area contributed by atoms with E-state index >= 15 is 0 Å². The van der Waals surface area contributed by atoms with E-state index in [1.165, 1.54) is 31.4 Å². The van der Waals surface area contributed by atoms with Crippen LogP contribution in [0.1, 0.15) is 85.0 Å². The number of hydrogen-bond acceptors (Lipinski definition) is 4. The molecule has 0 spiro atoms. The molecule has 7 nitrogen and oxygen atoms in total. The van der Waals surface area contributed by atoms with Crippen molar-refractivity contribution in [1.29, 1.82) is 0 Å². The van der Waals surface area contributed by atoms with Crippen molar-refractivity contribution in [2.24, 2.45) is 11.8 Å². The van der Waals surface area contributed by atoms with E-state index in [4.69, 9.17) is 0 Å². The zero-order valence-electron chi connectivity index (χ0n) is 20.2. The van der Waals surface area contributed by atoms with Crippen molar-refractivity contribution < 1.29 is 18.0 Å². The second-order valence-corrected chi connectivity index (χ2v) is 12.3. The van der Waals surface area contributed by atoms with Crippen molar-refractivity contribution in [3.05, 3.63) is 24.3 Å². The van der Waals surface area contributed by atoms with Crippen molar-refractivity contribution in [1.82, 2.24) is 10.0 Å². The molecule has 3 rings (SSSR count). The van der Waals surface area contributed by atoms with Crippen LogP contribution in [0, 0.1) is 11.8 Å². The van der Waals surface area contributed by atoms with Gasteiger partial charge in [0.2, 0.25) is 21.8 Å². The SMILES string of the molecule is CC(C)(C)NS(=O)(=O)c1ccc(NC(=O)C(CC2CCCCC2)NC(=O)C2CCCC2)cc1. The molecular weight excluding hydrogens is 438 g/mol. The number of amides is 2. The molecule has 1 unspecified atom stereocenters. The molecule has 1 aromatic carbocycles. The summed E-state index contributed by atoms with van der Waals surface area (Å²) in [6.45, 7) is 5.35. The molecule has 184 valence electrons. The normalized spacial score (nSPS) is 19.2. The van der Waals surface area contributed by atoms with E-state index in [1.54, 1.807) is 32.9 Å². The third-order valence-electron chi connectivity index (χ3n) is 6.53. The summed E-state index contributed by atoms with van der Waals surface area (Å²) in [5.74, 6) is 0.189. The van der Waals surface area contributed by atoms with E-state index in [2.05, 4.69) is 15.4 Å². The Bertz CT molecular complexity index is 910. The number of sulfonamides is 1. The molecule has 0 aromatic heterocycles. The predicted octanol–water partition coefficient (Wildman–Crippen LogP) is 4.35. The molecular formula is C25H39N3O4S. The van der Waals surface area contributed by atoms with Gasteiger partial charge in [-0.3, -0.25) is 9.59 Å². The van der Waals surface area contributed by atoms with E-state index in [9.17, 15) is 18.0 Å². The molecule has 2 saturated carbocycles. The maximum absolute atomic E-state index is 13.1. The van der Waals surface area contributed by atoms with Crippen LogP contribution in [0.2, 0.25) is 0 Å². The first-order valence-electron chi connectivity index (χ1n) is 12.3. The lowest BCUT2D eigenvalue weighted by Crippen LogP contribution is -2.46. The number of nitrogens with one attached hydrogen (secondary N) is 3. The van der Waals surface area contributed by atoms with E-state index in [0.29, 0.717) is 18.0 Å². The topological polar surface area (TPSA) is 104 Å². The Kier molecular flexibility index (Phi) is 8.56. The summed E-state index contributed by atoms with van der Waals surface area (Å²) in [4.78, 5) is 26.1. The van der Waals surface area contributed by atoms with Crippen LogP contribution in [0.4, 0.5) is 5.69 Å². The van der Waals surface area contributed by atoms with Crippen molar-refractivity contribution in [3.63, 3.8) is 0 Å². The average Bonchev–Trinajstić information content (AvgIpc) is 3.28. The third kappa shape index (κ3) is 7.81. The fraction of sp³-hybridized carbons (Fsp3) is 0.680. The Hall–Kier alpha value is -1.93. The van der Waals surface area contributed by atoms with Gasteiger partial charge in [-0.15, -0.1) is 0 Å². The highest BCUT2D eigenvalue weighted by molar-refractivity contribution is 7.89. The molecule has 0 radical (unpaired) electrons. The van der Waals surface area contributed by atoms with Crippen LogP contribution in [0.5, 0.6) is 0 Å². The Labute approximate surface area is 198 Å². The molecule has 1 atom stereocenters. The lowest BCUT2D eigenvalue weighted by Gasteiger charge is -2.27. The van der Waals surface area contributed by atoms with Crippen LogP contribution >= 0.6 is 0 Å². The maximum Gasteiger partial charge on any atom is 0.246 e. The van der Waals surface area contributed by atoms with Gasteiger partial charge in [0, 0.05) is 17.1 Å². The van der Waals surface area contributed by atoms with Gasteiger partial charge in [-0.25, -0.2) is 13.1 Å². The van der Waals surface area contributed by atoms with E-state index in [1.807, 2.05) is 0 Å². The fourth-order valence-corrected chi connectivity index (χ4v) is 6.29. The van der Waals surface area contributed by atoms with E-state index in [-0.39, 0.29) is 22.6 Å². The zero-order valence-corrected chi connectivity index (χ0v) is 21.0. The highest BCUT2D eigenvalue weighted by Crippen LogP contribution is 2.29. The van der Waals surface area contributed by atoms with Crippen LogP contribution in [0.3, 0.4) is 0 Å². The molecule has 2 aliphatic rings. The third-order valence-corrected chi connectivity index (χ3v) is 8.30. The number of anilines is 1. The van der Waals surface area contributed by atoms with Crippen LogP contribution in [0.15, 0.2) is 29.2 Å². The van der Waals surface area contributed by atoms with Crippen LogP contribution in [0.25, 0.3) is 0 Å². The first kappa shape index (κ1) is 25.7. The van der Waals surface area contributed by atoms with E-state index in [0.717, 1.165) is 38.5 Å². The molecule has 0 heterocycles. The maximum atomic E-state index is 13.1. The van der Waals surface area contributed by atoms with Crippen molar-refractivity contribution in [2.75, 3.05) is 5.32 Å². The Morgan fingerprint density at radius 1 is 0.939 bits per heavy atom. The fourth-order valence-electron chi connectivity index (χ4n) is 4.87. The molecule has 0 saturated heterocycles. The largest absolute Gasteiger partial charge is 0.344 e. The minimum absolute atomic E-state index is 0.00598. The number of rotatable bonds is 8. The first-order chi connectivity index (χ1) is 15.5. The van der Waals surface area contributed by atoms with Crippen LogP contribution in [-0.4, -0.2) is 31.8 Å². The first-order valence-corrected chi connectivity index (χ1v) is 13.8. The standard InChI is InChI=1S/C25H39N3O4S/c1-25(2,3)28-33(31,32)21-15-13-20(14-16-21)26-24(30)22(17-18-9-5-4-6-10-18)27-23(29)19-11-7-8-12-19/h13-16,18-19,22,28H,4-12,17H2,1-3H3,(H,26,30)(H,27,29). The monoisotopic (exact) mass is 477 g/mol. The summed E-state index contributed by atoms with van der Waals surface area (Å²) in [7, 11) is -3.64. The quantitative estimate of drug-likeness (QED) is 0.518. The number of carbonyl (C=O) groups excluding carboxylic acids is 2. The molecule has 3 N–H and O–H groups in total. The van der Waals surface area contributed by atoms with Crippen molar-refractivity contribution in [3.8, 4) is 0 Å². The number of benzene rings is 1. The molecule has 0 aliphatic heterocycles. The molecule has 1 aromatic rings. The molecule has 33 heavy (non-hydrogen) atoms. The van der Waals surface area contributed by atoms with Gasteiger partial charge in [0.05, 0.1) is 4.90 Å². The summed E-state index contributed by atoms with van der Waals surface area (Å²) < 4.78 is 27.6. The van der Waals surface area contributed by atoms with Crippen LogP contribution < -0.4 is 15.4 Å². The van der Waals surface area contributed by atoms with Crippen LogP contribution in [-0.2, 0) is 19.6 Å². The Morgan fingerprint density at radius 3 is 2.09 bits per heavy atom. The highest BCUT2D eigenvalue weighted by Gasteiger charge is 2.30. The lowest BCUT2D eigenvalue weighted by atomic mass is 9.84. The summed E-state index contributed by atoms with van der Waals surface area (Å²) in [6.07, 6.45) is 10.3. The minimum atomic E-state index is -3.64. The minimum Gasteiger partial charge on any atom is -0.344 e. The summed E-state index contributed by atoms with van der Waals surface area (Å²) in [5, 5.41) is 5.92. The second kappa shape index (κ2) is 11.0. The molecule has 8 heteroatoms. The lowest BCUT2D eigenvalue weighted by molar-refractivity contribution is -0.129. The van der Waals surface area contributed by atoms with Gasteiger partial charge < -0.3 is 10.6 Å². The predicted molar refractivity (Wildman–Crippen MR) is 130 cm³/mol. The molecule has 0 bridgehead atoms. The molecule has 2 amide bonds.